The molecule has 2 atom stereocenters. The molecule has 2 unspecified atom stereocenters. The molecule has 0 aromatic carbocycles. The summed E-state index contributed by atoms with van der Waals surface area (Å²) in [5.41, 5.74) is 6.31. The van der Waals surface area contributed by atoms with Gasteiger partial charge in [-0.2, -0.15) is 4.98 Å². The Balaban J connectivity index is 2.05. The van der Waals surface area contributed by atoms with Crippen molar-refractivity contribution in [2.24, 2.45) is 5.92 Å². The van der Waals surface area contributed by atoms with Gasteiger partial charge in [-0.05, 0) is 31.6 Å². The normalized spacial score (nSPS) is 25.3. The molecule has 1 heterocycles. The summed E-state index contributed by atoms with van der Waals surface area (Å²) in [5.74, 6) is 1.18. The molecule has 0 amide bonds. The summed E-state index contributed by atoms with van der Waals surface area (Å²) >= 11 is 0. The smallest absolute Gasteiger partial charge is 0.240 e. The van der Waals surface area contributed by atoms with E-state index in [0.717, 1.165) is 12.8 Å². The predicted molar refractivity (Wildman–Crippen MR) is 63.1 cm³/mol. The lowest BCUT2D eigenvalue weighted by Crippen LogP contribution is -2.30. The summed E-state index contributed by atoms with van der Waals surface area (Å²) in [6, 6.07) is 0. The first kappa shape index (κ1) is 11.2. The number of ether oxygens (including phenoxy) is 1. The van der Waals surface area contributed by atoms with Crippen molar-refractivity contribution < 1.29 is 4.74 Å². The molecule has 4 heteroatoms. The van der Waals surface area contributed by atoms with Gasteiger partial charge in [0.2, 0.25) is 5.88 Å². The zero-order chi connectivity index (χ0) is 11.4. The van der Waals surface area contributed by atoms with Crippen LogP contribution < -0.4 is 10.5 Å². The van der Waals surface area contributed by atoms with E-state index in [1.165, 1.54) is 25.6 Å². The van der Waals surface area contributed by atoms with Crippen molar-refractivity contribution in [1.29, 1.82) is 0 Å². The molecule has 1 aliphatic carbocycles. The fourth-order valence-corrected chi connectivity index (χ4v) is 2.37. The van der Waals surface area contributed by atoms with E-state index in [0.29, 0.717) is 17.5 Å². The molecule has 0 aliphatic heterocycles. The quantitative estimate of drug-likeness (QED) is 0.851. The van der Waals surface area contributed by atoms with Crippen LogP contribution in [0.25, 0.3) is 0 Å². The number of nitrogens with zero attached hydrogens (tertiary/aromatic N) is 2. The molecule has 0 spiro atoms. The molecule has 0 radical (unpaired) electrons. The van der Waals surface area contributed by atoms with E-state index >= 15 is 0 Å². The van der Waals surface area contributed by atoms with Crippen LogP contribution in [0, 0.1) is 5.92 Å². The van der Waals surface area contributed by atoms with Crippen LogP contribution in [0.15, 0.2) is 12.5 Å². The highest BCUT2D eigenvalue weighted by molar-refractivity contribution is 5.44. The third-order valence-electron chi connectivity index (χ3n) is 3.33. The molecule has 88 valence electrons. The first-order valence-electron chi connectivity index (χ1n) is 6.03. The fraction of sp³-hybridized carbons (Fsp3) is 0.667. The second kappa shape index (κ2) is 5.14. The topological polar surface area (TPSA) is 61.0 Å². The van der Waals surface area contributed by atoms with Gasteiger partial charge in [-0.3, -0.25) is 0 Å². The SMILES string of the molecule is CCC1CCCCC1Oc1ncncc1N. The molecule has 1 aliphatic rings. The average molecular weight is 221 g/mol. The van der Waals surface area contributed by atoms with Crippen molar-refractivity contribution in [3.8, 4) is 5.88 Å². The largest absolute Gasteiger partial charge is 0.473 e. The minimum atomic E-state index is 0.274. The summed E-state index contributed by atoms with van der Waals surface area (Å²) in [6.45, 7) is 2.22. The van der Waals surface area contributed by atoms with Crippen LogP contribution in [0.4, 0.5) is 5.69 Å². The highest BCUT2D eigenvalue weighted by Crippen LogP contribution is 2.31. The van der Waals surface area contributed by atoms with Gasteiger partial charge < -0.3 is 10.5 Å². The van der Waals surface area contributed by atoms with Gasteiger partial charge in [-0.15, -0.1) is 0 Å². The Hall–Kier alpha value is -1.32. The van der Waals surface area contributed by atoms with Gasteiger partial charge in [0.25, 0.3) is 0 Å². The van der Waals surface area contributed by atoms with E-state index in [1.54, 1.807) is 6.20 Å². The molecule has 4 nitrogen and oxygen atoms in total. The van der Waals surface area contributed by atoms with Crippen LogP contribution in [-0.2, 0) is 0 Å². The van der Waals surface area contributed by atoms with Crippen LogP contribution in [0.2, 0.25) is 0 Å². The second-order valence-corrected chi connectivity index (χ2v) is 4.39. The number of aromatic nitrogens is 2. The van der Waals surface area contributed by atoms with Gasteiger partial charge in [-0.25, -0.2) is 4.98 Å². The first-order valence-corrected chi connectivity index (χ1v) is 6.03. The van der Waals surface area contributed by atoms with E-state index in [-0.39, 0.29) is 6.10 Å². The monoisotopic (exact) mass is 221 g/mol. The number of hydrogen-bond donors (Lipinski definition) is 1. The molecule has 16 heavy (non-hydrogen) atoms. The van der Waals surface area contributed by atoms with Gasteiger partial charge in [0, 0.05) is 0 Å². The maximum Gasteiger partial charge on any atom is 0.240 e. The molecule has 1 aromatic rings. The van der Waals surface area contributed by atoms with Crippen molar-refractivity contribution in [1.82, 2.24) is 9.97 Å². The Morgan fingerprint density at radius 1 is 1.44 bits per heavy atom. The van der Waals surface area contributed by atoms with E-state index in [9.17, 15) is 0 Å². The molecule has 0 bridgehead atoms. The van der Waals surface area contributed by atoms with Gasteiger partial charge in [0.05, 0.1) is 6.20 Å². The molecule has 2 rings (SSSR count). The maximum atomic E-state index is 5.91. The Kier molecular flexibility index (Phi) is 3.59. The molecular weight excluding hydrogens is 202 g/mol. The lowest BCUT2D eigenvalue weighted by atomic mass is 9.85. The fourth-order valence-electron chi connectivity index (χ4n) is 2.37. The van der Waals surface area contributed by atoms with Crippen molar-refractivity contribution in [3.63, 3.8) is 0 Å². The lowest BCUT2D eigenvalue weighted by molar-refractivity contribution is 0.0865. The maximum absolute atomic E-state index is 5.91. The van der Waals surface area contributed by atoms with E-state index < -0.39 is 0 Å². The predicted octanol–water partition coefficient (Wildman–Crippen LogP) is 2.41. The minimum absolute atomic E-state index is 0.274. The van der Waals surface area contributed by atoms with Crippen molar-refractivity contribution in [3.05, 3.63) is 12.5 Å². The lowest BCUT2D eigenvalue weighted by Gasteiger charge is -2.30. The molecular formula is C12H19N3O. The molecule has 1 fully saturated rings. The zero-order valence-corrected chi connectivity index (χ0v) is 9.72. The Morgan fingerprint density at radius 3 is 3.00 bits per heavy atom. The minimum Gasteiger partial charge on any atom is -0.473 e. The summed E-state index contributed by atoms with van der Waals surface area (Å²) in [6.07, 6.45) is 9.44. The Labute approximate surface area is 96.2 Å². The standard InChI is InChI=1S/C12H19N3O/c1-2-9-5-3-4-6-11(9)16-12-10(13)7-14-8-15-12/h7-9,11H,2-6,13H2,1H3. The average Bonchev–Trinajstić information content (AvgIpc) is 2.33. The van der Waals surface area contributed by atoms with Gasteiger partial charge in [-0.1, -0.05) is 13.3 Å². The molecule has 1 saturated carbocycles. The van der Waals surface area contributed by atoms with Gasteiger partial charge >= 0.3 is 0 Å². The Morgan fingerprint density at radius 2 is 2.25 bits per heavy atom. The summed E-state index contributed by atoms with van der Waals surface area (Å²) in [5, 5.41) is 0. The third-order valence-corrected chi connectivity index (χ3v) is 3.33. The summed E-state index contributed by atoms with van der Waals surface area (Å²) in [7, 11) is 0. The Bertz CT molecular complexity index is 343. The summed E-state index contributed by atoms with van der Waals surface area (Å²) in [4.78, 5) is 7.94. The second-order valence-electron chi connectivity index (χ2n) is 4.39. The van der Waals surface area contributed by atoms with Gasteiger partial charge in [0.15, 0.2) is 0 Å². The highest BCUT2D eigenvalue weighted by Gasteiger charge is 2.26. The van der Waals surface area contributed by atoms with Crippen molar-refractivity contribution >= 4 is 5.69 Å². The van der Waals surface area contributed by atoms with Crippen LogP contribution in [0.1, 0.15) is 39.0 Å². The first-order chi connectivity index (χ1) is 7.81. The van der Waals surface area contributed by atoms with Crippen LogP contribution >= 0.6 is 0 Å². The van der Waals surface area contributed by atoms with Crippen LogP contribution in [-0.4, -0.2) is 16.1 Å². The number of anilines is 1. The van der Waals surface area contributed by atoms with E-state index in [4.69, 9.17) is 10.5 Å². The highest BCUT2D eigenvalue weighted by atomic mass is 16.5. The molecule has 0 saturated heterocycles. The van der Waals surface area contributed by atoms with Crippen LogP contribution in [0.5, 0.6) is 5.88 Å². The van der Waals surface area contributed by atoms with Crippen molar-refractivity contribution in [2.45, 2.75) is 45.1 Å². The van der Waals surface area contributed by atoms with E-state index in [1.807, 2.05) is 0 Å². The third kappa shape index (κ3) is 2.43. The van der Waals surface area contributed by atoms with Gasteiger partial charge in [0.1, 0.15) is 18.1 Å². The number of nitrogen functional groups attached to an aromatic ring is 1. The van der Waals surface area contributed by atoms with E-state index in [2.05, 4.69) is 16.9 Å². The zero-order valence-electron chi connectivity index (χ0n) is 9.72. The molecule has 1 aromatic heterocycles. The summed E-state index contributed by atoms with van der Waals surface area (Å²) < 4.78 is 5.91. The number of nitrogens with two attached hydrogens (primary N) is 1. The van der Waals surface area contributed by atoms with Crippen molar-refractivity contribution in [2.75, 3.05) is 5.73 Å². The molecule has 2 N–H and O–H groups in total. The number of rotatable bonds is 3. The van der Waals surface area contributed by atoms with Crippen LogP contribution in [0.3, 0.4) is 0 Å². The number of hydrogen-bond acceptors (Lipinski definition) is 4.